The van der Waals surface area contributed by atoms with Crippen LogP contribution >= 0.6 is 0 Å². The molecule has 0 atom stereocenters. The molecule has 3 aromatic carbocycles. The van der Waals surface area contributed by atoms with Crippen molar-refractivity contribution in [2.75, 3.05) is 6.73 Å². The number of ether oxygens (including phenoxy) is 1. The smallest absolute Gasteiger partial charge is 0.145 e. The molecule has 0 unspecified atom stereocenters. The first-order chi connectivity index (χ1) is 10.9. The van der Waals surface area contributed by atoms with Crippen LogP contribution in [0.5, 0.6) is 0 Å². The summed E-state index contributed by atoms with van der Waals surface area (Å²) in [6.07, 6.45) is 0. The van der Waals surface area contributed by atoms with E-state index >= 15 is 0 Å². The van der Waals surface area contributed by atoms with Crippen molar-refractivity contribution >= 4 is 0 Å². The summed E-state index contributed by atoms with van der Waals surface area (Å²) < 4.78 is 6.17. The molecule has 0 amide bonds. The third-order valence-corrected chi connectivity index (χ3v) is 3.84. The van der Waals surface area contributed by atoms with Crippen molar-refractivity contribution in [2.45, 2.75) is 5.60 Å². The lowest BCUT2D eigenvalue weighted by Crippen LogP contribution is -2.34. The predicted octanol–water partition coefficient (Wildman–Crippen LogP) is 3.91. The topological polar surface area (TPSA) is 35.2 Å². The van der Waals surface area contributed by atoms with Gasteiger partial charge in [0.15, 0.2) is 0 Å². The number of benzene rings is 3. The van der Waals surface area contributed by atoms with E-state index < -0.39 is 5.60 Å². The van der Waals surface area contributed by atoms with Gasteiger partial charge in [-0.1, -0.05) is 91.0 Å². The largest absolute Gasteiger partial charge is 0.346 e. The Morgan fingerprint density at radius 2 is 0.909 bits per heavy atom. The third kappa shape index (κ3) is 2.54. The Kier molecular flexibility index (Phi) is 4.33. The van der Waals surface area contributed by atoms with Crippen molar-refractivity contribution < 1.29 is 4.74 Å². The molecule has 2 N–H and O–H groups in total. The maximum Gasteiger partial charge on any atom is 0.145 e. The van der Waals surface area contributed by atoms with Crippen molar-refractivity contribution in [3.05, 3.63) is 108 Å². The molecule has 0 bridgehead atoms. The van der Waals surface area contributed by atoms with Crippen molar-refractivity contribution in [3.8, 4) is 0 Å². The summed E-state index contributed by atoms with van der Waals surface area (Å²) in [5.41, 5.74) is 8.31. The van der Waals surface area contributed by atoms with Crippen LogP contribution in [0.1, 0.15) is 16.7 Å². The van der Waals surface area contributed by atoms with E-state index in [1.54, 1.807) is 0 Å². The van der Waals surface area contributed by atoms with Crippen LogP contribution in [0.25, 0.3) is 0 Å². The summed E-state index contributed by atoms with van der Waals surface area (Å²) in [4.78, 5) is 0. The minimum atomic E-state index is -0.696. The summed E-state index contributed by atoms with van der Waals surface area (Å²) in [7, 11) is 0. The zero-order valence-corrected chi connectivity index (χ0v) is 12.4. The van der Waals surface area contributed by atoms with Gasteiger partial charge in [0.2, 0.25) is 0 Å². The molecule has 3 rings (SSSR count). The van der Waals surface area contributed by atoms with Crippen molar-refractivity contribution in [1.29, 1.82) is 0 Å². The SMILES string of the molecule is NCOC(c1ccccc1)(c1ccccc1)c1ccccc1. The van der Waals surface area contributed by atoms with E-state index in [2.05, 4.69) is 36.4 Å². The molecule has 0 aromatic heterocycles. The zero-order valence-electron chi connectivity index (χ0n) is 12.4. The second kappa shape index (κ2) is 6.56. The van der Waals surface area contributed by atoms with Crippen molar-refractivity contribution in [2.24, 2.45) is 5.73 Å². The van der Waals surface area contributed by atoms with E-state index in [0.717, 1.165) is 16.7 Å². The molecule has 0 aliphatic carbocycles. The molecule has 0 radical (unpaired) electrons. The summed E-state index contributed by atoms with van der Waals surface area (Å²) >= 11 is 0. The van der Waals surface area contributed by atoms with Crippen LogP contribution < -0.4 is 5.73 Å². The average Bonchev–Trinajstić information content (AvgIpc) is 2.62. The van der Waals surface area contributed by atoms with Gasteiger partial charge in [-0.2, -0.15) is 0 Å². The molecular formula is C20H19NO. The molecule has 2 heteroatoms. The summed E-state index contributed by atoms with van der Waals surface area (Å²) in [5, 5.41) is 0. The van der Waals surface area contributed by atoms with Gasteiger partial charge in [0, 0.05) is 0 Å². The molecule has 0 aliphatic rings. The highest BCUT2D eigenvalue weighted by atomic mass is 16.5. The Bertz CT molecular complexity index is 599. The first-order valence-corrected chi connectivity index (χ1v) is 7.38. The molecule has 3 aromatic rings. The monoisotopic (exact) mass is 289 g/mol. The van der Waals surface area contributed by atoms with Gasteiger partial charge < -0.3 is 10.5 Å². The maximum absolute atomic E-state index is 6.17. The standard InChI is InChI=1S/C20H19NO/c21-16-22-20(17-10-4-1-5-11-17,18-12-6-2-7-13-18)19-14-8-3-9-15-19/h1-15H,16,21H2. The zero-order chi connectivity index (χ0) is 15.3. The second-order valence-corrected chi connectivity index (χ2v) is 5.09. The quantitative estimate of drug-likeness (QED) is 0.571. The van der Waals surface area contributed by atoms with Crippen LogP contribution in [-0.2, 0) is 10.3 Å². The van der Waals surface area contributed by atoms with Crippen LogP contribution in [0.4, 0.5) is 0 Å². The molecule has 0 saturated carbocycles. The fourth-order valence-electron chi connectivity index (χ4n) is 2.89. The second-order valence-electron chi connectivity index (χ2n) is 5.09. The van der Waals surface area contributed by atoms with Gasteiger partial charge in [-0.3, -0.25) is 0 Å². The lowest BCUT2D eigenvalue weighted by atomic mass is 9.80. The number of rotatable bonds is 5. The summed E-state index contributed by atoms with van der Waals surface area (Å²) in [5.74, 6) is 0. The van der Waals surface area contributed by atoms with E-state index in [1.807, 2.05) is 54.6 Å². The normalized spacial score (nSPS) is 11.3. The maximum atomic E-state index is 6.17. The Balaban J connectivity index is 2.29. The Hall–Kier alpha value is -2.42. The highest BCUT2D eigenvalue weighted by Crippen LogP contribution is 2.39. The predicted molar refractivity (Wildman–Crippen MR) is 89.3 cm³/mol. The third-order valence-electron chi connectivity index (χ3n) is 3.84. The van der Waals surface area contributed by atoms with Gasteiger partial charge in [0.25, 0.3) is 0 Å². The Labute approximate surface area is 131 Å². The van der Waals surface area contributed by atoms with Gasteiger partial charge in [0.05, 0.1) is 6.73 Å². The van der Waals surface area contributed by atoms with E-state index in [9.17, 15) is 0 Å². The Morgan fingerprint density at radius 3 is 1.18 bits per heavy atom. The molecule has 0 fully saturated rings. The lowest BCUT2D eigenvalue weighted by Gasteiger charge is -2.35. The van der Waals surface area contributed by atoms with Crippen LogP contribution in [-0.4, -0.2) is 6.73 Å². The van der Waals surface area contributed by atoms with Crippen molar-refractivity contribution in [1.82, 2.24) is 0 Å². The average molecular weight is 289 g/mol. The highest BCUT2D eigenvalue weighted by Gasteiger charge is 2.36. The molecule has 110 valence electrons. The number of nitrogens with two attached hydrogens (primary N) is 1. The minimum Gasteiger partial charge on any atom is -0.346 e. The molecule has 0 saturated heterocycles. The number of hydrogen-bond acceptors (Lipinski definition) is 2. The molecule has 22 heavy (non-hydrogen) atoms. The van der Waals surface area contributed by atoms with Crippen molar-refractivity contribution in [3.63, 3.8) is 0 Å². The fourth-order valence-corrected chi connectivity index (χ4v) is 2.89. The van der Waals surface area contributed by atoms with Gasteiger partial charge in [0.1, 0.15) is 5.60 Å². The van der Waals surface area contributed by atoms with Gasteiger partial charge in [-0.25, -0.2) is 0 Å². The molecule has 0 heterocycles. The summed E-state index contributed by atoms with van der Waals surface area (Å²) in [6, 6.07) is 30.6. The molecule has 0 aliphatic heterocycles. The van der Waals surface area contributed by atoms with Crippen LogP contribution in [0, 0.1) is 0 Å². The van der Waals surface area contributed by atoms with Crippen LogP contribution in [0.15, 0.2) is 91.0 Å². The van der Waals surface area contributed by atoms with Crippen LogP contribution in [0.2, 0.25) is 0 Å². The van der Waals surface area contributed by atoms with Gasteiger partial charge in [-0.15, -0.1) is 0 Å². The van der Waals surface area contributed by atoms with Gasteiger partial charge in [-0.05, 0) is 16.7 Å². The molecule has 2 nitrogen and oxygen atoms in total. The van der Waals surface area contributed by atoms with Gasteiger partial charge >= 0.3 is 0 Å². The fraction of sp³-hybridized carbons (Fsp3) is 0.100. The van der Waals surface area contributed by atoms with Crippen LogP contribution in [0.3, 0.4) is 0 Å². The first-order valence-electron chi connectivity index (χ1n) is 7.38. The highest BCUT2D eigenvalue weighted by molar-refractivity contribution is 5.47. The van der Waals surface area contributed by atoms with E-state index in [1.165, 1.54) is 0 Å². The van der Waals surface area contributed by atoms with E-state index in [0.29, 0.717) is 0 Å². The van der Waals surface area contributed by atoms with E-state index in [-0.39, 0.29) is 6.73 Å². The minimum absolute atomic E-state index is 0.138. The summed E-state index contributed by atoms with van der Waals surface area (Å²) in [6.45, 7) is 0.138. The lowest BCUT2D eigenvalue weighted by molar-refractivity contribution is 0.0170. The number of hydrogen-bond donors (Lipinski definition) is 1. The van der Waals surface area contributed by atoms with E-state index in [4.69, 9.17) is 10.5 Å². The first kappa shape index (κ1) is 14.5. The Morgan fingerprint density at radius 1 is 0.591 bits per heavy atom. The molecule has 0 spiro atoms. The molecular weight excluding hydrogens is 270 g/mol.